The first-order valence-electron chi connectivity index (χ1n) is 8.00. The molecule has 0 saturated carbocycles. The molecule has 0 aliphatic carbocycles. The minimum Gasteiger partial charge on any atom is -0.404 e. The van der Waals surface area contributed by atoms with Gasteiger partial charge >= 0.3 is 0 Å². The lowest BCUT2D eigenvalue weighted by Crippen LogP contribution is -2.48. The van der Waals surface area contributed by atoms with E-state index in [2.05, 4.69) is 16.0 Å². The lowest BCUT2D eigenvalue weighted by Gasteiger charge is -2.33. The van der Waals surface area contributed by atoms with Crippen molar-refractivity contribution in [2.24, 2.45) is 0 Å². The predicted molar refractivity (Wildman–Crippen MR) is 91.1 cm³/mol. The molecule has 3 heterocycles. The quantitative estimate of drug-likeness (QED) is 0.713. The molecule has 7 heteroatoms. The number of nitriles is 1. The number of rotatable bonds is 2. The second-order valence-corrected chi connectivity index (χ2v) is 5.80. The van der Waals surface area contributed by atoms with Gasteiger partial charge in [0.2, 0.25) is 5.71 Å². The van der Waals surface area contributed by atoms with Crippen LogP contribution in [0, 0.1) is 11.3 Å². The second kappa shape index (κ2) is 6.24. The van der Waals surface area contributed by atoms with Crippen molar-refractivity contribution in [3.8, 4) is 6.07 Å². The van der Waals surface area contributed by atoms with E-state index in [0.717, 1.165) is 5.52 Å². The summed E-state index contributed by atoms with van der Waals surface area (Å²) in [4.78, 5) is 25.0. The summed E-state index contributed by atoms with van der Waals surface area (Å²) < 4.78 is 5.68. The van der Waals surface area contributed by atoms with Gasteiger partial charge in [-0.05, 0) is 30.3 Å². The summed E-state index contributed by atoms with van der Waals surface area (Å²) in [5, 5.41) is 8.97. The first kappa shape index (κ1) is 15.1. The fourth-order valence-electron chi connectivity index (χ4n) is 2.90. The van der Waals surface area contributed by atoms with Crippen LogP contribution >= 0.6 is 0 Å². The summed E-state index contributed by atoms with van der Waals surface area (Å²) in [5.41, 5.74) is 2.27. The smallest absolute Gasteiger partial charge is 0.299 e. The maximum absolute atomic E-state index is 12.6. The molecule has 0 bridgehead atoms. The van der Waals surface area contributed by atoms with Crippen LogP contribution in [0.4, 0.5) is 6.01 Å². The van der Waals surface area contributed by atoms with Crippen LogP contribution in [0.5, 0.6) is 0 Å². The van der Waals surface area contributed by atoms with E-state index in [1.54, 1.807) is 35.4 Å². The van der Waals surface area contributed by atoms with E-state index in [1.807, 2.05) is 17.0 Å². The highest BCUT2D eigenvalue weighted by atomic mass is 16.4. The topological polar surface area (TPSA) is 86.3 Å². The molecule has 0 atom stereocenters. The Labute approximate surface area is 144 Å². The van der Waals surface area contributed by atoms with Gasteiger partial charge in [0.1, 0.15) is 5.52 Å². The number of oxazole rings is 1. The number of aromatic nitrogens is 2. The Morgan fingerprint density at radius 2 is 2.00 bits per heavy atom. The number of piperazine rings is 1. The van der Waals surface area contributed by atoms with Gasteiger partial charge in [-0.3, -0.25) is 4.79 Å². The summed E-state index contributed by atoms with van der Waals surface area (Å²) in [7, 11) is 0. The molecule has 1 amide bonds. The van der Waals surface area contributed by atoms with Crippen molar-refractivity contribution in [3.63, 3.8) is 0 Å². The Hall–Kier alpha value is -3.40. The predicted octanol–water partition coefficient (Wildman–Crippen LogP) is 2.06. The van der Waals surface area contributed by atoms with Gasteiger partial charge in [-0.1, -0.05) is 6.07 Å². The van der Waals surface area contributed by atoms with Crippen LogP contribution in [0.25, 0.3) is 11.2 Å². The van der Waals surface area contributed by atoms with Gasteiger partial charge in [-0.15, -0.1) is 0 Å². The fourth-order valence-corrected chi connectivity index (χ4v) is 2.90. The number of hydrogen-bond donors (Lipinski definition) is 0. The van der Waals surface area contributed by atoms with Crippen molar-refractivity contribution >= 4 is 23.2 Å². The van der Waals surface area contributed by atoms with E-state index >= 15 is 0 Å². The SMILES string of the molecule is N#Cc1cccc(C(=O)N2CCN(c3nc4cccnc4o3)CC2)c1. The van der Waals surface area contributed by atoms with E-state index in [-0.39, 0.29) is 5.91 Å². The minimum absolute atomic E-state index is 0.0593. The highest BCUT2D eigenvalue weighted by Gasteiger charge is 2.25. The van der Waals surface area contributed by atoms with Crippen LogP contribution in [-0.4, -0.2) is 47.0 Å². The third-order valence-corrected chi connectivity index (χ3v) is 4.23. The van der Waals surface area contributed by atoms with Crippen LogP contribution in [0.3, 0.4) is 0 Å². The number of fused-ring (bicyclic) bond motifs is 1. The van der Waals surface area contributed by atoms with Gasteiger partial charge < -0.3 is 14.2 Å². The Kier molecular flexibility index (Phi) is 3.78. The summed E-state index contributed by atoms with van der Waals surface area (Å²) in [6.45, 7) is 2.41. The van der Waals surface area contributed by atoms with Crippen LogP contribution in [-0.2, 0) is 0 Å². The zero-order valence-corrected chi connectivity index (χ0v) is 13.4. The maximum Gasteiger partial charge on any atom is 0.299 e. The standard InChI is InChI=1S/C18H15N5O2/c19-12-13-3-1-4-14(11-13)17(24)22-7-9-23(10-8-22)18-21-15-5-2-6-20-16(15)25-18/h1-6,11H,7-10H2. The second-order valence-electron chi connectivity index (χ2n) is 5.80. The normalized spacial score (nSPS) is 14.5. The van der Waals surface area contributed by atoms with Crippen molar-refractivity contribution in [1.29, 1.82) is 5.26 Å². The summed E-state index contributed by atoms with van der Waals surface area (Å²) in [6, 6.07) is 13.1. The number of carbonyl (C=O) groups is 1. The van der Waals surface area contributed by atoms with E-state index in [9.17, 15) is 4.79 Å². The summed E-state index contributed by atoms with van der Waals surface area (Å²) in [6.07, 6.45) is 1.67. The molecule has 124 valence electrons. The molecule has 1 aliphatic heterocycles. The first-order valence-corrected chi connectivity index (χ1v) is 8.00. The monoisotopic (exact) mass is 333 g/mol. The zero-order valence-electron chi connectivity index (χ0n) is 13.4. The van der Waals surface area contributed by atoms with Crippen molar-refractivity contribution < 1.29 is 9.21 Å². The maximum atomic E-state index is 12.6. The van der Waals surface area contributed by atoms with Crippen LogP contribution in [0.2, 0.25) is 0 Å². The van der Waals surface area contributed by atoms with Gasteiger partial charge in [0.15, 0.2) is 0 Å². The van der Waals surface area contributed by atoms with Crippen molar-refractivity contribution in [3.05, 3.63) is 53.7 Å². The molecule has 7 nitrogen and oxygen atoms in total. The van der Waals surface area contributed by atoms with Gasteiger partial charge in [-0.2, -0.15) is 10.2 Å². The van der Waals surface area contributed by atoms with Gasteiger partial charge in [-0.25, -0.2) is 4.98 Å². The van der Waals surface area contributed by atoms with Crippen molar-refractivity contribution in [2.45, 2.75) is 0 Å². The largest absolute Gasteiger partial charge is 0.404 e. The lowest BCUT2D eigenvalue weighted by molar-refractivity contribution is 0.0745. The number of pyridine rings is 1. The molecule has 0 N–H and O–H groups in total. The molecular weight excluding hydrogens is 318 g/mol. The third-order valence-electron chi connectivity index (χ3n) is 4.23. The molecule has 3 aromatic rings. The molecule has 2 aromatic heterocycles. The number of hydrogen-bond acceptors (Lipinski definition) is 6. The van der Waals surface area contributed by atoms with Crippen molar-refractivity contribution in [2.75, 3.05) is 31.1 Å². The molecular formula is C18H15N5O2. The lowest BCUT2D eigenvalue weighted by atomic mass is 10.1. The summed E-state index contributed by atoms with van der Waals surface area (Å²) >= 11 is 0. The van der Waals surface area contributed by atoms with Gasteiger partial charge in [0.05, 0.1) is 11.6 Å². The fraction of sp³-hybridized carbons (Fsp3) is 0.222. The molecule has 25 heavy (non-hydrogen) atoms. The molecule has 0 unspecified atom stereocenters. The molecule has 1 aliphatic rings. The Bertz CT molecular complexity index is 934. The average Bonchev–Trinajstić information content (AvgIpc) is 3.12. The number of nitrogens with zero attached hydrogens (tertiary/aromatic N) is 5. The van der Waals surface area contributed by atoms with Gasteiger partial charge in [0.25, 0.3) is 11.9 Å². The highest BCUT2D eigenvalue weighted by molar-refractivity contribution is 5.94. The third kappa shape index (κ3) is 2.90. The molecule has 1 saturated heterocycles. The van der Waals surface area contributed by atoms with E-state index < -0.39 is 0 Å². The van der Waals surface area contributed by atoms with Gasteiger partial charge in [0, 0.05) is 37.9 Å². The molecule has 0 radical (unpaired) electrons. The minimum atomic E-state index is -0.0593. The van der Waals surface area contributed by atoms with E-state index in [4.69, 9.17) is 9.68 Å². The Morgan fingerprint density at radius 1 is 1.16 bits per heavy atom. The number of benzene rings is 1. The first-order chi connectivity index (χ1) is 12.2. The Morgan fingerprint density at radius 3 is 2.76 bits per heavy atom. The number of amides is 1. The number of carbonyl (C=O) groups excluding carboxylic acids is 1. The molecule has 1 fully saturated rings. The number of anilines is 1. The molecule has 0 spiro atoms. The Balaban J connectivity index is 1.45. The van der Waals surface area contributed by atoms with Crippen molar-refractivity contribution in [1.82, 2.24) is 14.9 Å². The van der Waals surface area contributed by atoms with Crippen LogP contribution in [0.15, 0.2) is 47.0 Å². The summed E-state index contributed by atoms with van der Waals surface area (Å²) in [5.74, 6) is -0.0593. The van der Waals surface area contributed by atoms with Crippen LogP contribution < -0.4 is 4.90 Å². The van der Waals surface area contributed by atoms with E-state index in [1.165, 1.54) is 0 Å². The highest BCUT2D eigenvalue weighted by Crippen LogP contribution is 2.21. The average molecular weight is 333 g/mol. The molecule has 4 rings (SSSR count). The zero-order chi connectivity index (χ0) is 17.2. The molecule has 1 aromatic carbocycles. The van der Waals surface area contributed by atoms with Crippen LogP contribution in [0.1, 0.15) is 15.9 Å². The van der Waals surface area contributed by atoms with E-state index in [0.29, 0.717) is 49.0 Å².